The van der Waals surface area contributed by atoms with E-state index in [-0.39, 0.29) is 0 Å². The normalized spacial score (nSPS) is 9.64. The highest BCUT2D eigenvalue weighted by molar-refractivity contribution is 6.60. The van der Waals surface area contributed by atoms with Crippen LogP contribution in [0.15, 0.2) is 30.3 Å². The van der Waals surface area contributed by atoms with Crippen LogP contribution < -0.4 is 5.46 Å². The van der Waals surface area contributed by atoms with Crippen molar-refractivity contribution in [2.24, 2.45) is 0 Å². The molecule has 0 heterocycles. The van der Waals surface area contributed by atoms with Crippen molar-refractivity contribution in [3.8, 4) is 0 Å². The van der Waals surface area contributed by atoms with Crippen LogP contribution in [0, 0.1) is 0 Å². The van der Waals surface area contributed by atoms with Gasteiger partial charge in [-0.05, 0) is 5.46 Å². The first-order valence-corrected chi connectivity index (χ1v) is 3.04. The summed E-state index contributed by atoms with van der Waals surface area (Å²) in [5, 5.41) is 16.4. The Morgan fingerprint density at radius 2 is 1.55 bits per heavy atom. The van der Waals surface area contributed by atoms with Crippen molar-refractivity contribution in [1.29, 1.82) is 0 Å². The van der Waals surface area contributed by atoms with Crippen LogP contribution in [0.1, 0.15) is 0 Å². The second kappa shape index (κ2) is 4.10. The molecule has 0 unspecified atom stereocenters. The molecule has 0 aromatic heterocycles. The predicted molar refractivity (Wildman–Crippen MR) is 39.3 cm³/mol. The number of hydrogen-bond donors (Lipinski definition) is 2. The van der Waals surface area contributed by atoms with Crippen LogP contribution in [-0.4, -0.2) is 17.6 Å². The molecule has 0 saturated heterocycles. The minimum absolute atomic E-state index is 0.539. The average Bonchev–Trinajstić information content (AvgIpc) is 2.09. The van der Waals surface area contributed by atoms with Gasteiger partial charge in [0.25, 0.3) is 0 Å². The summed E-state index contributed by atoms with van der Waals surface area (Å²) < 4.78 is 0. The van der Waals surface area contributed by atoms with E-state index in [1.165, 1.54) is 0 Å². The van der Waals surface area contributed by atoms with E-state index in [9.17, 15) is 0 Å². The molecule has 0 aliphatic rings. The van der Waals surface area contributed by atoms with Crippen molar-refractivity contribution < 1.29 is 20.1 Å². The topological polar surface area (TPSA) is 58.9 Å². The largest absolute Gasteiger partial charge is 0.554 e. The molecule has 1 aromatic carbocycles. The zero-order valence-electron chi connectivity index (χ0n) is 5.68. The monoisotopic (exact) mass is 154 g/mol. The molecule has 11 heavy (non-hydrogen) atoms. The Morgan fingerprint density at radius 1 is 1.00 bits per heavy atom. The van der Waals surface area contributed by atoms with Crippen LogP contribution in [0.4, 0.5) is 0 Å². The Balaban J connectivity index is 2.74. The summed E-state index contributed by atoms with van der Waals surface area (Å²) in [7, 11) is -1.13. The lowest BCUT2D eigenvalue weighted by Gasteiger charge is -2.03. The van der Waals surface area contributed by atoms with Gasteiger partial charge >= 0.3 is 7.12 Å². The van der Waals surface area contributed by atoms with Crippen molar-refractivity contribution in [2.45, 2.75) is 0 Å². The maximum Gasteiger partial charge on any atom is 0.554 e. The maximum absolute atomic E-state index is 8.19. The zero-order valence-corrected chi connectivity index (χ0v) is 5.68. The van der Waals surface area contributed by atoms with Gasteiger partial charge in [-0.3, -0.25) is 20.1 Å². The molecule has 58 valence electrons. The van der Waals surface area contributed by atoms with Gasteiger partial charge in [0.1, 0.15) is 0 Å². The number of benzene rings is 1. The van der Waals surface area contributed by atoms with Gasteiger partial charge in [-0.15, -0.1) is 0 Å². The van der Waals surface area contributed by atoms with Crippen molar-refractivity contribution in [1.82, 2.24) is 0 Å². The van der Waals surface area contributed by atoms with Gasteiger partial charge < -0.3 is 0 Å². The number of hydrogen-bond acceptors (Lipinski definition) is 4. The summed E-state index contributed by atoms with van der Waals surface area (Å²) in [5.74, 6) is 0. The van der Waals surface area contributed by atoms with E-state index in [4.69, 9.17) is 10.5 Å². The van der Waals surface area contributed by atoms with Crippen LogP contribution in [0.3, 0.4) is 0 Å². The first kappa shape index (κ1) is 8.22. The minimum Gasteiger partial charge on any atom is -0.264 e. The smallest absolute Gasteiger partial charge is 0.264 e. The first-order chi connectivity index (χ1) is 5.38. The minimum atomic E-state index is -1.13. The third kappa shape index (κ3) is 2.02. The van der Waals surface area contributed by atoms with Gasteiger partial charge in [-0.25, -0.2) is 0 Å². The molecule has 0 bridgehead atoms. The highest BCUT2D eigenvalue weighted by Gasteiger charge is 2.20. The summed E-state index contributed by atoms with van der Waals surface area (Å²) in [5.41, 5.74) is 0.539. The molecule has 2 N–H and O–H groups in total. The summed E-state index contributed by atoms with van der Waals surface area (Å²) in [6.45, 7) is 0. The molecule has 1 aromatic rings. The SMILES string of the molecule is OOB(OO)c1ccccc1. The lowest BCUT2D eigenvalue weighted by Crippen LogP contribution is -2.34. The van der Waals surface area contributed by atoms with E-state index in [0.29, 0.717) is 5.46 Å². The Bertz CT molecular complexity index is 199. The van der Waals surface area contributed by atoms with E-state index in [2.05, 4.69) is 9.61 Å². The van der Waals surface area contributed by atoms with Crippen LogP contribution >= 0.6 is 0 Å². The van der Waals surface area contributed by atoms with Gasteiger partial charge in [0.2, 0.25) is 0 Å². The second-order valence-corrected chi connectivity index (χ2v) is 1.95. The van der Waals surface area contributed by atoms with Gasteiger partial charge in [-0.1, -0.05) is 30.3 Å². The fraction of sp³-hybridized carbons (Fsp3) is 0. The van der Waals surface area contributed by atoms with Gasteiger partial charge in [0.15, 0.2) is 0 Å². The molecule has 0 atom stereocenters. The van der Waals surface area contributed by atoms with Crippen molar-refractivity contribution in [2.75, 3.05) is 0 Å². The van der Waals surface area contributed by atoms with Gasteiger partial charge in [-0.2, -0.15) is 0 Å². The van der Waals surface area contributed by atoms with Crippen LogP contribution in [0.25, 0.3) is 0 Å². The summed E-state index contributed by atoms with van der Waals surface area (Å²) >= 11 is 0. The molecule has 1 rings (SSSR count). The highest BCUT2D eigenvalue weighted by atomic mass is 17.2. The molecule has 0 aliphatic heterocycles. The molecule has 4 nitrogen and oxygen atoms in total. The Morgan fingerprint density at radius 3 is 2.00 bits per heavy atom. The highest BCUT2D eigenvalue weighted by Crippen LogP contribution is 1.88. The van der Waals surface area contributed by atoms with Crippen LogP contribution in [0.2, 0.25) is 0 Å². The molecule has 5 heteroatoms. The van der Waals surface area contributed by atoms with E-state index in [1.54, 1.807) is 30.3 Å². The summed E-state index contributed by atoms with van der Waals surface area (Å²) in [4.78, 5) is 7.63. The molecular weight excluding hydrogens is 147 g/mol. The lowest BCUT2D eigenvalue weighted by molar-refractivity contribution is -0.221. The second-order valence-electron chi connectivity index (χ2n) is 1.95. The summed E-state index contributed by atoms with van der Waals surface area (Å²) in [6, 6.07) is 8.57. The third-order valence-electron chi connectivity index (χ3n) is 1.26. The van der Waals surface area contributed by atoms with E-state index in [0.717, 1.165) is 0 Å². The third-order valence-corrected chi connectivity index (χ3v) is 1.26. The average molecular weight is 154 g/mol. The van der Waals surface area contributed by atoms with Crippen LogP contribution in [0.5, 0.6) is 0 Å². The maximum atomic E-state index is 8.19. The van der Waals surface area contributed by atoms with Gasteiger partial charge in [0, 0.05) is 0 Å². The standard InChI is InChI=1S/C6H7BO4/c8-10-7(11-9)6-4-2-1-3-5-6/h1-5,8-9H. The van der Waals surface area contributed by atoms with E-state index in [1.807, 2.05) is 0 Å². The fourth-order valence-electron chi connectivity index (χ4n) is 0.751. The van der Waals surface area contributed by atoms with Crippen molar-refractivity contribution >= 4 is 12.6 Å². The Hall–Kier alpha value is -0.875. The van der Waals surface area contributed by atoms with Crippen molar-refractivity contribution in [3.05, 3.63) is 30.3 Å². The Kier molecular flexibility index (Phi) is 3.06. The predicted octanol–water partition coefficient (Wildman–Crippen LogP) is 0.361. The molecule has 0 saturated carbocycles. The van der Waals surface area contributed by atoms with Crippen molar-refractivity contribution in [3.63, 3.8) is 0 Å². The molecule has 0 radical (unpaired) electrons. The first-order valence-electron chi connectivity index (χ1n) is 3.04. The van der Waals surface area contributed by atoms with E-state index >= 15 is 0 Å². The van der Waals surface area contributed by atoms with E-state index < -0.39 is 7.12 Å². The molecule has 0 spiro atoms. The lowest BCUT2D eigenvalue weighted by atomic mass is 9.80. The number of rotatable bonds is 3. The quantitative estimate of drug-likeness (QED) is 0.374. The molecule has 0 amide bonds. The van der Waals surface area contributed by atoms with Crippen LogP contribution in [-0.2, 0) is 9.61 Å². The Labute approximate surface area is 64.0 Å². The fourth-order valence-corrected chi connectivity index (χ4v) is 0.751. The molecule has 0 fully saturated rings. The van der Waals surface area contributed by atoms with Gasteiger partial charge in [0.05, 0.1) is 0 Å². The zero-order chi connectivity index (χ0) is 8.10. The summed E-state index contributed by atoms with van der Waals surface area (Å²) in [6.07, 6.45) is 0. The molecular formula is C6H7BO4. The molecule has 0 aliphatic carbocycles.